The van der Waals surface area contributed by atoms with Gasteiger partial charge in [0, 0.05) is 12.6 Å². The number of likely N-dealkylation sites (tertiary alicyclic amines) is 1. The summed E-state index contributed by atoms with van der Waals surface area (Å²) < 4.78 is 52.1. The summed E-state index contributed by atoms with van der Waals surface area (Å²) in [4.78, 5) is 13.7. The lowest BCUT2D eigenvalue weighted by Gasteiger charge is -2.35. The summed E-state index contributed by atoms with van der Waals surface area (Å²) in [5, 5.41) is 9.20. The minimum atomic E-state index is -3.43. The predicted octanol–water partition coefficient (Wildman–Crippen LogP) is 5.47. The van der Waals surface area contributed by atoms with Gasteiger partial charge in [0.05, 0.1) is 10.6 Å². The van der Waals surface area contributed by atoms with Gasteiger partial charge in [0.2, 0.25) is 0 Å². The second-order valence-corrected chi connectivity index (χ2v) is 11.9. The van der Waals surface area contributed by atoms with E-state index in [9.17, 15) is 27.1 Å². The van der Waals surface area contributed by atoms with E-state index in [0.29, 0.717) is 25.2 Å². The highest BCUT2D eigenvalue weighted by Crippen LogP contribution is 2.43. The average molecular weight is 540 g/mol. The third-order valence-electron chi connectivity index (χ3n) is 7.35. The molecule has 2 unspecified atom stereocenters. The largest absolute Gasteiger partial charge is 0.478 e. The summed E-state index contributed by atoms with van der Waals surface area (Å²) in [6.07, 6.45) is 4.97. The number of carboxylic acid groups (broad SMARTS) is 1. The Hall–Kier alpha value is -2.29. The minimum Gasteiger partial charge on any atom is -0.478 e. The van der Waals surface area contributed by atoms with Crippen molar-refractivity contribution < 1.29 is 27.1 Å². The van der Waals surface area contributed by atoms with Crippen molar-refractivity contribution in [1.29, 1.82) is 0 Å². The van der Waals surface area contributed by atoms with Crippen LogP contribution in [0.15, 0.2) is 65.1 Å². The monoisotopic (exact) mass is 539 g/mol. The van der Waals surface area contributed by atoms with E-state index in [1.807, 2.05) is 6.07 Å². The molecule has 2 atom stereocenters. The van der Waals surface area contributed by atoms with Crippen LogP contribution in [0.4, 0.5) is 8.78 Å². The SMILES string of the molecule is Cl.O=C(O)C=C1CC(CN2CCC(CCS(=O)(=O)c3ccc(F)cc3)CC2)C(c2cccc(F)c2)C1. The molecule has 0 aromatic heterocycles. The Balaban J connectivity index is 0.00000361. The maximum absolute atomic E-state index is 13.9. The number of hydrogen-bond donors (Lipinski definition) is 1. The Morgan fingerprint density at radius 3 is 2.36 bits per heavy atom. The molecule has 2 aromatic carbocycles. The summed E-state index contributed by atoms with van der Waals surface area (Å²) in [5.41, 5.74) is 1.79. The summed E-state index contributed by atoms with van der Waals surface area (Å²) in [7, 11) is -3.43. The van der Waals surface area contributed by atoms with Gasteiger partial charge in [-0.1, -0.05) is 17.7 Å². The zero-order valence-electron chi connectivity index (χ0n) is 20.0. The summed E-state index contributed by atoms with van der Waals surface area (Å²) >= 11 is 0. The van der Waals surface area contributed by atoms with E-state index in [0.717, 1.165) is 43.6 Å². The molecule has 1 saturated heterocycles. The first-order valence-electron chi connectivity index (χ1n) is 12.1. The average Bonchev–Trinajstić information content (AvgIpc) is 3.20. The Kier molecular flexibility index (Phi) is 9.66. The van der Waals surface area contributed by atoms with Crippen LogP contribution >= 0.6 is 12.4 Å². The summed E-state index contributed by atoms with van der Waals surface area (Å²) in [5.74, 6) is -1.04. The number of nitrogens with zero attached hydrogens (tertiary/aromatic N) is 1. The molecule has 1 heterocycles. The van der Waals surface area contributed by atoms with Crippen molar-refractivity contribution in [1.82, 2.24) is 4.90 Å². The fraction of sp³-hybridized carbons (Fsp3) is 0.444. The molecule has 0 spiro atoms. The fourth-order valence-electron chi connectivity index (χ4n) is 5.49. The molecule has 1 aliphatic heterocycles. The van der Waals surface area contributed by atoms with Crippen molar-refractivity contribution in [3.63, 3.8) is 0 Å². The number of halogens is 3. The lowest BCUT2D eigenvalue weighted by Crippen LogP contribution is -2.38. The molecule has 5 nitrogen and oxygen atoms in total. The lowest BCUT2D eigenvalue weighted by atomic mass is 9.87. The Labute approximate surface area is 217 Å². The zero-order chi connectivity index (χ0) is 25.0. The van der Waals surface area contributed by atoms with Crippen LogP contribution in [0.1, 0.15) is 43.6 Å². The number of piperidine rings is 1. The van der Waals surface area contributed by atoms with E-state index in [1.165, 1.54) is 36.4 Å². The predicted molar refractivity (Wildman–Crippen MR) is 137 cm³/mol. The Morgan fingerprint density at radius 2 is 1.72 bits per heavy atom. The third-order valence-corrected chi connectivity index (χ3v) is 9.11. The number of carboxylic acids is 1. The van der Waals surface area contributed by atoms with Gasteiger partial charge in [-0.15, -0.1) is 12.4 Å². The number of carbonyl (C=O) groups is 1. The van der Waals surface area contributed by atoms with Gasteiger partial charge in [-0.25, -0.2) is 22.0 Å². The van der Waals surface area contributed by atoms with E-state index < -0.39 is 21.6 Å². The number of benzene rings is 2. The molecule has 196 valence electrons. The van der Waals surface area contributed by atoms with Gasteiger partial charge >= 0.3 is 5.97 Å². The minimum absolute atomic E-state index is 0. The van der Waals surface area contributed by atoms with Crippen molar-refractivity contribution in [3.05, 3.63) is 77.4 Å². The Bertz CT molecular complexity index is 1180. The number of rotatable bonds is 8. The van der Waals surface area contributed by atoms with E-state index >= 15 is 0 Å². The van der Waals surface area contributed by atoms with Gasteiger partial charge in [0.1, 0.15) is 11.6 Å². The fourth-order valence-corrected chi connectivity index (χ4v) is 6.92. The molecular weight excluding hydrogens is 508 g/mol. The van der Waals surface area contributed by atoms with Crippen molar-refractivity contribution in [2.75, 3.05) is 25.4 Å². The van der Waals surface area contributed by atoms with Crippen LogP contribution in [0.25, 0.3) is 0 Å². The highest BCUT2D eigenvalue weighted by atomic mass is 35.5. The summed E-state index contributed by atoms with van der Waals surface area (Å²) in [6, 6.07) is 11.6. The molecular formula is C27H32ClF2NO4S. The van der Waals surface area contributed by atoms with Crippen LogP contribution in [0.2, 0.25) is 0 Å². The van der Waals surface area contributed by atoms with Crippen LogP contribution in [0.5, 0.6) is 0 Å². The van der Waals surface area contributed by atoms with E-state index in [2.05, 4.69) is 4.90 Å². The van der Waals surface area contributed by atoms with Crippen LogP contribution in [-0.4, -0.2) is 49.8 Å². The first-order chi connectivity index (χ1) is 16.7. The molecule has 1 N–H and O–H groups in total. The van der Waals surface area contributed by atoms with Crippen LogP contribution < -0.4 is 0 Å². The second kappa shape index (κ2) is 12.3. The van der Waals surface area contributed by atoms with Gasteiger partial charge in [0.15, 0.2) is 9.84 Å². The molecule has 2 aliphatic rings. The van der Waals surface area contributed by atoms with Crippen molar-refractivity contribution >= 4 is 28.2 Å². The van der Waals surface area contributed by atoms with Crippen molar-refractivity contribution in [2.45, 2.75) is 42.9 Å². The highest BCUT2D eigenvalue weighted by Gasteiger charge is 2.34. The molecule has 0 bridgehead atoms. The van der Waals surface area contributed by atoms with E-state index in [1.54, 1.807) is 12.1 Å². The standard InChI is InChI=1S/C27H31F2NO4S.ClH/c28-23-4-6-25(7-5-23)35(33,34)13-10-19-8-11-30(12-9-19)18-22-14-20(16-27(31)32)15-26(22)21-2-1-3-24(29)17-21;/h1-7,16-17,19,22,26H,8-15,18H2,(H,31,32);1H. The summed E-state index contributed by atoms with van der Waals surface area (Å²) in [6.45, 7) is 2.51. The number of sulfone groups is 1. The lowest BCUT2D eigenvalue weighted by molar-refractivity contribution is -0.131. The van der Waals surface area contributed by atoms with Crippen molar-refractivity contribution in [3.8, 4) is 0 Å². The van der Waals surface area contributed by atoms with Gasteiger partial charge in [-0.3, -0.25) is 0 Å². The van der Waals surface area contributed by atoms with E-state index in [4.69, 9.17) is 0 Å². The topological polar surface area (TPSA) is 74.7 Å². The molecule has 9 heteroatoms. The van der Waals surface area contributed by atoms with Crippen LogP contribution in [0.3, 0.4) is 0 Å². The van der Waals surface area contributed by atoms with Gasteiger partial charge < -0.3 is 10.0 Å². The molecule has 2 aromatic rings. The van der Waals surface area contributed by atoms with Gasteiger partial charge in [0.25, 0.3) is 0 Å². The molecule has 1 saturated carbocycles. The van der Waals surface area contributed by atoms with E-state index in [-0.39, 0.29) is 40.7 Å². The highest BCUT2D eigenvalue weighted by molar-refractivity contribution is 7.91. The van der Waals surface area contributed by atoms with Crippen LogP contribution in [0, 0.1) is 23.5 Å². The second-order valence-electron chi connectivity index (χ2n) is 9.78. The molecule has 2 fully saturated rings. The number of aliphatic carboxylic acids is 1. The maximum Gasteiger partial charge on any atom is 0.328 e. The first-order valence-corrected chi connectivity index (χ1v) is 13.7. The molecule has 0 radical (unpaired) electrons. The molecule has 1 aliphatic carbocycles. The first kappa shape index (κ1) is 28.3. The van der Waals surface area contributed by atoms with Crippen LogP contribution in [-0.2, 0) is 14.6 Å². The third kappa shape index (κ3) is 7.37. The Morgan fingerprint density at radius 1 is 1.03 bits per heavy atom. The quantitative estimate of drug-likeness (QED) is 0.356. The number of hydrogen-bond acceptors (Lipinski definition) is 4. The van der Waals surface area contributed by atoms with Crippen molar-refractivity contribution in [2.24, 2.45) is 11.8 Å². The van der Waals surface area contributed by atoms with Gasteiger partial charge in [-0.2, -0.15) is 0 Å². The maximum atomic E-state index is 13.9. The normalized spacial score (nSPS) is 22.4. The smallest absolute Gasteiger partial charge is 0.328 e. The number of allylic oxidation sites excluding steroid dienone is 1. The molecule has 36 heavy (non-hydrogen) atoms. The zero-order valence-corrected chi connectivity index (χ0v) is 21.6. The molecule has 4 rings (SSSR count). The molecule has 0 amide bonds. The van der Waals surface area contributed by atoms with Gasteiger partial charge in [-0.05, 0) is 105 Å².